The Hall–Kier alpha value is -1.29. The van der Waals surface area contributed by atoms with E-state index in [1.165, 1.54) is 16.9 Å². The average Bonchev–Trinajstić information content (AvgIpc) is 2.50. The molecule has 0 saturated heterocycles. The number of hydrogen-bond acceptors (Lipinski definition) is 3. The van der Waals surface area contributed by atoms with Crippen LogP contribution in [0.15, 0.2) is 23.1 Å². The first-order chi connectivity index (χ1) is 6.61. The predicted octanol–water partition coefficient (Wildman–Crippen LogP) is 2.03. The summed E-state index contributed by atoms with van der Waals surface area (Å²) in [5, 5.41) is 4.58. The van der Waals surface area contributed by atoms with E-state index in [4.69, 9.17) is 5.73 Å². The molecule has 1 amide bonds. The van der Waals surface area contributed by atoms with Crippen molar-refractivity contribution in [1.29, 1.82) is 0 Å². The molecule has 0 bridgehead atoms. The van der Waals surface area contributed by atoms with Crippen LogP contribution in [0.25, 0.3) is 0 Å². The Morgan fingerprint density at radius 2 is 2.36 bits per heavy atom. The molecule has 0 fully saturated rings. The van der Waals surface area contributed by atoms with Gasteiger partial charge in [-0.1, -0.05) is 11.6 Å². The predicted molar refractivity (Wildman–Crippen MR) is 60.5 cm³/mol. The summed E-state index contributed by atoms with van der Waals surface area (Å²) in [5.41, 5.74) is 7.34. The van der Waals surface area contributed by atoms with Crippen LogP contribution in [0.5, 0.6) is 0 Å². The van der Waals surface area contributed by atoms with Crippen molar-refractivity contribution < 1.29 is 4.79 Å². The summed E-state index contributed by atoms with van der Waals surface area (Å²) >= 11 is 1.36. The lowest BCUT2D eigenvalue weighted by Gasteiger charge is -2.00. The zero-order valence-electron chi connectivity index (χ0n) is 8.33. The van der Waals surface area contributed by atoms with E-state index in [0.29, 0.717) is 17.1 Å². The van der Waals surface area contributed by atoms with Crippen molar-refractivity contribution in [3.05, 3.63) is 28.0 Å². The molecule has 1 rings (SSSR count). The first kappa shape index (κ1) is 10.8. The second-order valence-corrected chi connectivity index (χ2v) is 4.11. The molecule has 0 aliphatic heterocycles. The molecule has 4 heteroatoms. The normalized spacial score (nSPS) is 9.57. The lowest BCUT2D eigenvalue weighted by atomic mass is 10.3. The van der Waals surface area contributed by atoms with Crippen molar-refractivity contribution in [2.75, 3.05) is 12.3 Å². The van der Waals surface area contributed by atoms with Crippen molar-refractivity contribution in [3.63, 3.8) is 0 Å². The largest absolute Gasteiger partial charge is 0.397 e. The third-order valence-electron chi connectivity index (χ3n) is 1.67. The maximum absolute atomic E-state index is 11.5. The van der Waals surface area contributed by atoms with Gasteiger partial charge < -0.3 is 11.1 Å². The van der Waals surface area contributed by atoms with Crippen LogP contribution in [0.1, 0.15) is 23.5 Å². The Kier molecular flexibility index (Phi) is 3.71. The summed E-state index contributed by atoms with van der Waals surface area (Å²) < 4.78 is 0. The highest BCUT2D eigenvalue weighted by molar-refractivity contribution is 7.12. The van der Waals surface area contributed by atoms with Gasteiger partial charge in [-0.15, -0.1) is 11.3 Å². The van der Waals surface area contributed by atoms with Crippen LogP contribution in [0.4, 0.5) is 5.69 Å². The summed E-state index contributed by atoms with van der Waals surface area (Å²) in [6.07, 6.45) is 1.96. The molecule has 76 valence electrons. The van der Waals surface area contributed by atoms with E-state index in [-0.39, 0.29) is 5.91 Å². The Morgan fingerprint density at radius 3 is 2.86 bits per heavy atom. The van der Waals surface area contributed by atoms with Crippen LogP contribution in [-0.4, -0.2) is 12.5 Å². The van der Waals surface area contributed by atoms with E-state index < -0.39 is 0 Å². The molecular formula is C10H14N2OS. The fraction of sp³-hybridized carbons (Fsp3) is 0.300. The standard InChI is InChI=1S/C10H14N2OS/c1-7(2)3-5-12-10(13)9-8(11)4-6-14-9/h3-4,6H,5,11H2,1-2H3,(H,12,13). The van der Waals surface area contributed by atoms with Crippen molar-refractivity contribution in [2.24, 2.45) is 0 Å². The van der Waals surface area contributed by atoms with E-state index in [1.54, 1.807) is 6.07 Å². The number of hydrogen-bond donors (Lipinski definition) is 2. The van der Waals surface area contributed by atoms with E-state index in [9.17, 15) is 4.79 Å². The van der Waals surface area contributed by atoms with Crippen LogP contribution in [-0.2, 0) is 0 Å². The minimum Gasteiger partial charge on any atom is -0.397 e. The summed E-state index contributed by atoms with van der Waals surface area (Å²) in [6, 6.07) is 1.74. The molecule has 0 radical (unpaired) electrons. The number of thiophene rings is 1. The molecule has 0 atom stereocenters. The fourth-order valence-corrected chi connectivity index (χ4v) is 1.67. The zero-order chi connectivity index (χ0) is 10.6. The van der Waals surface area contributed by atoms with E-state index in [2.05, 4.69) is 5.32 Å². The number of anilines is 1. The fourth-order valence-electron chi connectivity index (χ4n) is 0.932. The molecular weight excluding hydrogens is 196 g/mol. The van der Waals surface area contributed by atoms with Crippen LogP contribution in [0.2, 0.25) is 0 Å². The maximum Gasteiger partial charge on any atom is 0.263 e. The first-order valence-corrected chi connectivity index (χ1v) is 5.23. The molecule has 0 saturated carbocycles. The molecule has 3 N–H and O–H groups in total. The molecule has 1 aromatic heterocycles. The lowest BCUT2D eigenvalue weighted by Crippen LogP contribution is -2.23. The topological polar surface area (TPSA) is 55.1 Å². The van der Waals surface area contributed by atoms with Gasteiger partial charge in [-0.25, -0.2) is 0 Å². The molecule has 0 aliphatic carbocycles. The number of rotatable bonds is 3. The lowest BCUT2D eigenvalue weighted by molar-refractivity contribution is 0.0963. The summed E-state index contributed by atoms with van der Waals surface area (Å²) in [5.74, 6) is -0.102. The summed E-state index contributed by atoms with van der Waals surface area (Å²) in [6.45, 7) is 4.54. The van der Waals surface area contributed by atoms with Gasteiger partial charge in [-0.2, -0.15) is 0 Å². The Balaban J connectivity index is 2.52. The number of nitrogens with two attached hydrogens (primary N) is 1. The van der Waals surface area contributed by atoms with Crippen molar-refractivity contribution in [2.45, 2.75) is 13.8 Å². The smallest absolute Gasteiger partial charge is 0.263 e. The van der Waals surface area contributed by atoms with Crippen LogP contribution in [0.3, 0.4) is 0 Å². The van der Waals surface area contributed by atoms with Crippen LogP contribution < -0.4 is 11.1 Å². The summed E-state index contributed by atoms with van der Waals surface area (Å²) in [4.78, 5) is 12.1. The Bertz CT molecular complexity index is 351. The number of carbonyl (C=O) groups is 1. The monoisotopic (exact) mass is 210 g/mol. The number of carbonyl (C=O) groups excluding carboxylic acids is 1. The Morgan fingerprint density at radius 1 is 1.64 bits per heavy atom. The third kappa shape index (κ3) is 2.88. The molecule has 0 spiro atoms. The number of amides is 1. The molecule has 0 aromatic carbocycles. The van der Waals surface area contributed by atoms with Gasteiger partial charge in [0.2, 0.25) is 0 Å². The molecule has 0 aliphatic rings. The highest BCUT2D eigenvalue weighted by atomic mass is 32.1. The van der Waals surface area contributed by atoms with E-state index in [1.807, 2.05) is 25.3 Å². The SMILES string of the molecule is CC(C)=CCNC(=O)c1sccc1N. The van der Waals surface area contributed by atoms with E-state index >= 15 is 0 Å². The minimum absolute atomic E-state index is 0.102. The van der Waals surface area contributed by atoms with E-state index in [0.717, 1.165) is 0 Å². The van der Waals surface area contributed by atoms with Crippen molar-refractivity contribution in [1.82, 2.24) is 5.32 Å². The number of nitrogen functional groups attached to an aromatic ring is 1. The Labute approximate surface area is 87.6 Å². The average molecular weight is 210 g/mol. The minimum atomic E-state index is -0.102. The molecule has 0 unspecified atom stereocenters. The summed E-state index contributed by atoms with van der Waals surface area (Å²) in [7, 11) is 0. The van der Waals surface area contributed by atoms with Gasteiger partial charge in [-0.05, 0) is 25.3 Å². The first-order valence-electron chi connectivity index (χ1n) is 4.36. The van der Waals surface area contributed by atoms with Gasteiger partial charge in [0.1, 0.15) is 4.88 Å². The van der Waals surface area contributed by atoms with Crippen LogP contribution >= 0.6 is 11.3 Å². The number of nitrogens with one attached hydrogen (secondary N) is 1. The van der Waals surface area contributed by atoms with Gasteiger partial charge in [0.25, 0.3) is 5.91 Å². The second kappa shape index (κ2) is 4.81. The number of allylic oxidation sites excluding steroid dienone is 1. The molecule has 3 nitrogen and oxygen atoms in total. The zero-order valence-corrected chi connectivity index (χ0v) is 9.15. The molecule has 14 heavy (non-hydrogen) atoms. The van der Waals surface area contributed by atoms with Gasteiger partial charge in [-0.3, -0.25) is 4.79 Å². The highest BCUT2D eigenvalue weighted by Gasteiger charge is 2.08. The van der Waals surface area contributed by atoms with Gasteiger partial charge in [0.15, 0.2) is 0 Å². The van der Waals surface area contributed by atoms with Gasteiger partial charge in [0.05, 0.1) is 5.69 Å². The maximum atomic E-state index is 11.5. The van der Waals surface area contributed by atoms with Gasteiger partial charge >= 0.3 is 0 Å². The van der Waals surface area contributed by atoms with Crippen molar-refractivity contribution in [3.8, 4) is 0 Å². The van der Waals surface area contributed by atoms with Crippen LogP contribution in [0, 0.1) is 0 Å². The molecule has 1 heterocycles. The molecule has 1 aromatic rings. The quantitative estimate of drug-likeness (QED) is 0.750. The second-order valence-electron chi connectivity index (χ2n) is 3.20. The third-order valence-corrected chi connectivity index (χ3v) is 2.60. The van der Waals surface area contributed by atoms with Gasteiger partial charge in [0, 0.05) is 6.54 Å². The van der Waals surface area contributed by atoms with Crippen molar-refractivity contribution >= 4 is 22.9 Å². The highest BCUT2D eigenvalue weighted by Crippen LogP contribution is 2.17.